The van der Waals surface area contributed by atoms with Gasteiger partial charge in [0.2, 0.25) is 0 Å². The summed E-state index contributed by atoms with van der Waals surface area (Å²) in [6, 6.07) is 0. The van der Waals surface area contributed by atoms with E-state index in [0.29, 0.717) is 12.5 Å². The maximum absolute atomic E-state index is 12.1. The number of halogens is 4. The van der Waals surface area contributed by atoms with Crippen LogP contribution in [0.5, 0.6) is 0 Å². The zero-order valence-corrected chi connectivity index (χ0v) is 10.7. The molecule has 0 aromatic carbocycles. The van der Waals surface area contributed by atoms with Crippen LogP contribution in [-0.2, 0) is 0 Å². The molecule has 0 amide bonds. The van der Waals surface area contributed by atoms with E-state index in [0.717, 1.165) is 19.9 Å². The number of hydrogen-bond donors (Lipinski definition) is 2. The zero-order valence-electron chi connectivity index (χ0n) is 8.40. The van der Waals surface area contributed by atoms with Gasteiger partial charge in [0.05, 0.1) is 5.92 Å². The van der Waals surface area contributed by atoms with Crippen molar-refractivity contribution in [3.63, 3.8) is 0 Å². The van der Waals surface area contributed by atoms with Crippen molar-refractivity contribution in [2.24, 2.45) is 10.9 Å². The van der Waals surface area contributed by atoms with Gasteiger partial charge in [0.1, 0.15) is 0 Å². The normalized spacial score (nSPS) is 18.3. The van der Waals surface area contributed by atoms with Gasteiger partial charge in [-0.2, -0.15) is 13.2 Å². The summed E-state index contributed by atoms with van der Waals surface area (Å²) in [5.74, 6) is -0.874. The summed E-state index contributed by atoms with van der Waals surface area (Å²) in [6.07, 6.45) is -3.21. The quantitative estimate of drug-likeness (QED) is 0.754. The highest BCUT2D eigenvalue weighted by Gasteiger charge is 2.35. The first-order valence-corrected chi connectivity index (χ1v) is 4.59. The number of guanidine groups is 1. The molecule has 0 fully saturated rings. The molecule has 0 spiro atoms. The van der Waals surface area contributed by atoms with Crippen LogP contribution in [0.3, 0.4) is 0 Å². The average molecular weight is 337 g/mol. The molecule has 3 nitrogen and oxygen atoms in total. The lowest BCUT2D eigenvalue weighted by Crippen LogP contribution is -2.44. The molecule has 0 radical (unpaired) electrons. The third-order valence-corrected chi connectivity index (χ3v) is 2.03. The average Bonchev–Trinajstić information content (AvgIpc) is 2.14. The Balaban J connectivity index is 0.00000196. The lowest BCUT2D eigenvalue weighted by molar-refractivity contribution is -0.167. The standard InChI is InChI=1S/C8H14F3N3.HI/c1-6(8(9,10)11)5-14-7-12-3-2-4-13-7;/h6H,2-5H2,1H3,(H2,12,13,14);1H. The fourth-order valence-electron chi connectivity index (χ4n) is 1.02. The molecule has 15 heavy (non-hydrogen) atoms. The summed E-state index contributed by atoms with van der Waals surface area (Å²) < 4.78 is 36.3. The van der Waals surface area contributed by atoms with Crippen molar-refractivity contribution in [3.8, 4) is 0 Å². The molecule has 1 unspecified atom stereocenters. The van der Waals surface area contributed by atoms with E-state index in [-0.39, 0.29) is 30.5 Å². The van der Waals surface area contributed by atoms with Crippen molar-refractivity contribution in [2.75, 3.05) is 19.6 Å². The van der Waals surface area contributed by atoms with Gasteiger partial charge in [-0.3, -0.25) is 4.99 Å². The van der Waals surface area contributed by atoms with Crippen molar-refractivity contribution in [1.29, 1.82) is 0 Å². The number of nitrogens with one attached hydrogen (secondary N) is 2. The lowest BCUT2D eigenvalue weighted by Gasteiger charge is -2.20. The van der Waals surface area contributed by atoms with Gasteiger partial charge in [0, 0.05) is 19.6 Å². The van der Waals surface area contributed by atoms with E-state index in [1.54, 1.807) is 0 Å². The number of aliphatic imine (C=N–C) groups is 1. The first-order valence-electron chi connectivity index (χ1n) is 4.59. The van der Waals surface area contributed by atoms with E-state index >= 15 is 0 Å². The van der Waals surface area contributed by atoms with Gasteiger partial charge in [-0.1, -0.05) is 6.92 Å². The molecule has 1 rings (SSSR count). The molecule has 0 saturated heterocycles. The summed E-state index contributed by atoms with van der Waals surface area (Å²) in [6.45, 7) is 2.47. The Labute approximate surface area is 104 Å². The van der Waals surface area contributed by atoms with Crippen LogP contribution in [-0.4, -0.2) is 31.8 Å². The molecule has 1 aliphatic rings. The van der Waals surface area contributed by atoms with Gasteiger partial charge < -0.3 is 10.6 Å². The highest BCUT2D eigenvalue weighted by molar-refractivity contribution is 14.0. The van der Waals surface area contributed by atoms with Gasteiger partial charge in [-0.15, -0.1) is 24.0 Å². The largest absolute Gasteiger partial charge is 0.393 e. The van der Waals surface area contributed by atoms with Crippen LogP contribution in [0.1, 0.15) is 13.3 Å². The van der Waals surface area contributed by atoms with Gasteiger partial charge in [-0.25, -0.2) is 0 Å². The topological polar surface area (TPSA) is 36.4 Å². The highest BCUT2D eigenvalue weighted by Crippen LogP contribution is 2.24. The van der Waals surface area contributed by atoms with E-state index in [1.807, 2.05) is 0 Å². The van der Waals surface area contributed by atoms with Crippen LogP contribution in [0.2, 0.25) is 0 Å². The first-order chi connectivity index (χ1) is 6.50. The van der Waals surface area contributed by atoms with E-state index < -0.39 is 12.1 Å². The monoisotopic (exact) mass is 337 g/mol. The molecule has 1 aliphatic heterocycles. The molecule has 90 valence electrons. The molecular weight excluding hydrogens is 322 g/mol. The van der Waals surface area contributed by atoms with Crippen molar-refractivity contribution < 1.29 is 13.2 Å². The van der Waals surface area contributed by atoms with Gasteiger partial charge in [-0.05, 0) is 6.42 Å². The SMILES string of the molecule is CC(CNC1=NCCCN1)C(F)(F)F.I. The second-order valence-corrected chi connectivity index (χ2v) is 3.33. The smallest absolute Gasteiger partial charge is 0.356 e. The predicted molar refractivity (Wildman–Crippen MR) is 63.6 cm³/mol. The van der Waals surface area contributed by atoms with Crippen LogP contribution >= 0.6 is 24.0 Å². The molecule has 0 aromatic rings. The van der Waals surface area contributed by atoms with Crippen molar-refractivity contribution in [1.82, 2.24) is 10.6 Å². The third-order valence-electron chi connectivity index (χ3n) is 2.03. The number of hydrogen-bond acceptors (Lipinski definition) is 3. The minimum absolute atomic E-state index is 0. The zero-order chi connectivity index (χ0) is 10.6. The maximum Gasteiger partial charge on any atom is 0.393 e. The molecular formula is C8H15F3IN3. The lowest BCUT2D eigenvalue weighted by atomic mass is 10.2. The maximum atomic E-state index is 12.1. The Morgan fingerprint density at radius 3 is 2.67 bits per heavy atom. The van der Waals surface area contributed by atoms with E-state index in [4.69, 9.17) is 0 Å². The summed E-state index contributed by atoms with van der Waals surface area (Å²) in [5.41, 5.74) is 0. The Morgan fingerprint density at radius 2 is 2.20 bits per heavy atom. The first kappa shape index (κ1) is 14.8. The molecule has 0 bridgehead atoms. The third kappa shape index (κ3) is 5.43. The van der Waals surface area contributed by atoms with E-state index in [1.165, 1.54) is 0 Å². The van der Waals surface area contributed by atoms with Crippen LogP contribution in [0.15, 0.2) is 4.99 Å². The number of nitrogens with zero attached hydrogens (tertiary/aromatic N) is 1. The van der Waals surface area contributed by atoms with E-state index in [2.05, 4.69) is 15.6 Å². The van der Waals surface area contributed by atoms with Crippen LogP contribution in [0.25, 0.3) is 0 Å². The fraction of sp³-hybridized carbons (Fsp3) is 0.875. The molecule has 7 heteroatoms. The Hall–Kier alpha value is -0.210. The second-order valence-electron chi connectivity index (χ2n) is 3.33. The summed E-state index contributed by atoms with van der Waals surface area (Å²) in [5, 5.41) is 5.54. The van der Waals surface area contributed by atoms with Gasteiger partial charge in [0.15, 0.2) is 5.96 Å². The molecule has 0 aromatic heterocycles. The van der Waals surface area contributed by atoms with Gasteiger partial charge in [0.25, 0.3) is 0 Å². The minimum Gasteiger partial charge on any atom is -0.356 e. The minimum atomic E-state index is -4.14. The Bertz CT molecular complexity index is 218. The fourth-order valence-corrected chi connectivity index (χ4v) is 1.02. The Kier molecular flexibility index (Phi) is 6.30. The van der Waals surface area contributed by atoms with Crippen molar-refractivity contribution in [2.45, 2.75) is 19.5 Å². The van der Waals surface area contributed by atoms with Crippen molar-refractivity contribution in [3.05, 3.63) is 0 Å². The summed E-state index contributed by atoms with van der Waals surface area (Å²) in [4.78, 5) is 4.01. The predicted octanol–water partition coefficient (Wildman–Crippen LogP) is 1.74. The molecule has 1 atom stereocenters. The number of rotatable bonds is 2. The van der Waals surface area contributed by atoms with E-state index in [9.17, 15) is 13.2 Å². The van der Waals surface area contributed by atoms with Crippen LogP contribution < -0.4 is 10.6 Å². The van der Waals surface area contributed by atoms with Gasteiger partial charge >= 0.3 is 6.18 Å². The summed E-state index contributed by atoms with van der Waals surface area (Å²) in [7, 11) is 0. The second kappa shape index (κ2) is 6.39. The molecule has 2 N–H and O–H groups in total. The highest BCUT2D eigenvalue weighted by atomic mass is 127. The summed E-state index contributed by atoms with van der Waals surface area (Å²) >= 11 is 0. The molecule has 0 aliphatic carbocycles. The Morgan fingerprint density at radius 1 is 1.53 bits per heavy atom. The number of alkyl halides is 3. The van der Waals surface area contributed by atoms with Crippen molar-refractivity contribution >= 4 is 29.9 Å². The van der Waals surface area contributed by atoms with Crippen LogP contribution in [0, 0.1) is 5.92 Å². The molecule has 0 saturated carbocycles. The molecule has 1 heterocycles. The van der Waals surface area contributed by atoms with Crippen LogP contribution in [0.4, 0.5) is 13.2 Å².